The molecular weight excluding hydrogens is 242 g/mol. The van der Waals surface area contributed by atoms with Crippen molar-refractivity contribution < 1.29 is 9.90 Å². The second-order valence-corrected chi connectivity index (χ2v) is 5.06. The highest BCUT2D eigenvalue weighted by atomic mass is 16.4. The standard InChI is InChI=1S/C14H21N3O2/c1-3-12-10-17(8-7-16(12)2)13(14(18)19)11-5-4-6-15-9-11/h4-6,9,12-13H,3,7-8,10H2,1-2H3,(H,18,19). The minimum absolute atomic E-state index is 0.423. The predicted octanol–water partition coefficient (Wildman–Crippen LogP) is 1.23. The maximum Gasteiger partial charge on any atom is 0.325 e. The number of carboxylic acids is 1. The van der Waals surface area contributed by atoms with Crippen molar-refractivity contribution in [1.29, 1.82) is 0 Å². The summed E-state index contributed by atoms with van der Waals surface area (Å²) in [7, 11) is 2.10. The van der Waals surface area contributed by atoms with Gasteiger partial charge >= 0.3 is 5.97 Å². The van der Waals surface area contributed by atoms with Crippen LogP contribution in [-0.4, -0.2) is 58.6 Å². The lowest BCUT2D eigenvalue weighted by Gasteiger charge is -2.41. The number of carboxylic acid groups (broad SMARTS) is 1. The number of piperazine rings is 1. The van der Waals surface area contributed by atoms with Crippen LogP contribution in [0.3, 0.4) is 0 Å². The first-order valence-corrected chi connectivity index (χ1v) is 6.70. The summed E-state index contributed by atoms with van der Waals surface area (Å²) in [5, 5.41) is 9.52. The monoisotopic (exact) mass is 263 g/mol. The number of aromatic nitrogens is 1. The first-order chi connectivity index (χ1) is 9.13. The van der Waals surface area contributed by atoms with E-state index >= 15 is 0 Å². The van der Waals surface area contributed by atoms with E-state index in [-0.39, 0.29) is 0 Å². The van der Waals surface area contributed by atoms with Gasteiger partial charge in [0.1, 0.15) is 6.04 Å². The van der Waals surface area contributed by atoms with Gasteiger partial charge in [0.15, 0.2) is 0 Å². The van der Waals surface area contributed by atoms with Gasteiger partial charge in [0, 0.05) is 38.1 Å². The topological polar surface area (TPSA) is 56.7 Å². The second kappa shape index (κ2) is 6.12. The first-order valence-electron chi connectivity index (χ1n) is 6.70. The summed E-state index contributed by atoms with van der Waals surface area (Å²) < 4.78 is 0. The Morgan fingerprint density at radius 1 is 1.58 bits per heavy atom. The molecule has 2 atom stereocenters. The number of hydrogen-bond donors (Lipinski definition) is 1. The van der Waals surface area contributed by atoms with Gasteiger partial charge in [-0.1, -0.05) is 13.0 Å². The van der Waals surface area contributed by atoms with Crippen molar-refractivity contribution in [2.75, 3.05) is 26.7 Å². The number of aliphatic carboxylic acids is 1. The third-order valence-corrected chi connectivity index (χ3v) is 3.88. The van der Waals surface area contributed by atoms with Gasteiger partial charge in [0.05, 0.1) is 0 Å². The van der Waals surface area contributed by atoms with Crippen molar-refractivity contribution in [3.8, 4) is 0 Å². The Labute approximate surface area is 113 Å². The van der Waals surface area contributed by atoms with Gasteiger partial charge in [-0.05, 0) is 25.1 Å². The van der Waals surface area contributed by atoms with E-state index < -0.39 is 12.0 Å². The zero-order chi connectivity index (χ0) is 13.8. The molecule has 19 heavy (non-hydrogen) atoms. The molecule has 0 aliphatic carbocycles. The van der Waals surface area contributed by atoms with Crippen molar-refractivity contribution in [1.82, 2.24) is 14.8 Å². The molecule has 1 saturated heterocycles. The van der Waals surface area contributed by atoms with Crippen molar-refractivity contribution >= 4 is 5.97 Å². The summed E-state index contributed by atoms with van der Waals surface area (Å²) in [5.74, 6) is -0.799. The summed E-state index contributed by atoms with van der Waals surface area (Å²) in [5.41, 5.74) is 0.759. The highest BCUT2D eigenvalue weighted by molar-refractivity contribution is 5.75. The van der Waals surface area contributed by atoms with Crippen LogP contribution in [0.5, 0.6) is 0 Å². The highest BCUT2D eigenvalue weighted by Crippen LogP contribution is 2.24. The number of hydrogen-bond acceptors (Lipinski definition) is 4. The highest BCUT2D eigenvalue weighted by Gasteiger charge is 2.32. The molecule has 0 saturated carbocycles. The predicted molar refractivity (Wildman–Crippen MR) is 72.9 cm³/mol. The number of likely N-dealkylation sites (N-methyl/N-ethyl adjacent to an activating group) is 1. The fourth-order valence-electron chi connectivity index (χ4n) is 2.69. The zero-order valence-corrected chi connectivity index (χ0v) is 11.5. The molecule has 0 spiro atoms. The molecular formula is C14H21N3O2. The maximum absolute atomic E-state index is 11.6. The van der Waals surface area contributed by atoms with E-state index in [0.717, 1.165) is 31.6 Å². The van der Waals surface area contributed by atoms with Crippen LogP contribution in [0.25, 0.3) is 0 Å². The Hall–Kier alpha value is -1.46. The van der Waals surface area contributed by atoms with Crippen molar-refractivity contribution in [2.45, 2.75) is 25.4 Å². The smallest absolute Gasteiger partial charge is 0.325 e. The fourth-order valence-corrected chi connectivity index (χ4v) is 2.69. The molecule has 1 aliphatic rings. The van der Waals surface area contributed by atoms with E-state index in [1.54, 1.807) is 18.5 Å². The summed E-state index contributed by atoms with van der Waals surface area (Å²) in [6.07, 6.45) is 4.35. The van der Waals surface area contributed by atoms with Crippen LogP contribution in [0.4, 0.5) is 0 Å². The number of rotatable bonds is 4. The molecule has 0 radical (unpaired) electrons. The molecule has 2 rings (SSSR count). The van der Waals surface area contributed by atoms with Crippen molar-refractivity contribution in [3.05, 3.63) is 30.1 Å². The fraction of sp³-hybridized carbons (Fsp3) is 0.571. The van der Waals surface area contributed by atoms with Crippen molar-refractivity contribution in [2.24, 2.45) is 0 Å². The minimum atomic E-state index is -0.799. The Bertz CT molecular complexity index is 424. The van der Waals surface area contributed by atoms with Gasteiger partial charge in [-0.25, -0.2) is 0 Å². The van der Waals surface area contributed by atoms with Gasteiger partial charge in [-0.2, -0.15) is 0 Å². The molecule has 1 N–H and O–H groups in total. The van der Waals surface area contributed by atoms with Crippen LogP contribution in [0.1, 0.15) is 24.9 Å². The molecule has 0 amide bonds. The second-order valence-electron chi connectivity index (χ2n) is 5.06. The van der Waals surface area contributed by atoms with E-state index in [9.17, 15) is 9.90 Å². The third kappa shape index (κ3) is 3.11. The van der Waals surface area contributed by atoms with Gasteiger partial charge < -0.3 is 10.0 Å². The largest absolute Gasteiger partial charge is 0.480 e. The average molecular weight is 263 g/mol. The van der Waals surface area contributed by atoms with Crippen LogP contribution < -0.4 is 0 Å². The lowest BCUT2D eigenvalue weighted by atomic mass is 10.0. The lowest BCUT2D eigenvalue weighted by Crippen LogP contribution is -2.53. The van der Waals surface area contributed by atoms with Crippen LogP contribution in [0.15, 0.2) is 24.5 Å². The molecule has 0 aromatic carbocycles. The van der Waals surface area contributed by atoms with Crippen molar-refractivity contribution in [3.63, 3.8) is 0 Å². The third-order valence-electron chi connectivity index (χ3n) is 3.88. The normalized spacial score (nSPS) is 23.2. The summed E-state index contributed by atoms with van der Waals surface area (Å²) >= 11 is 0. The van der Waals surface area contributed by atoms with Gasteiger partial charge in [0.2, 0.25) is 0 Å². The lowest BCUT2D eigenvalue weighted by molar-refractivity contribution is -0.144. The zero-order valence-electron chi connectivity index (χ0n) is 11.5. The molecule has 1 fully saturated rings. The number of nitrogens with zero attached hydrogens (tertiary/aromatic N) is 3. The van der Waals surface area contributed by atoms with Crippen LogP contribution >= 0.6 is 0 Å². The molecule has 0 bridgehead atoms. The van der Waals surface area contributed by atoms with E-state index in [2.05, 4.69) is 23.9 Å². The molecule has 2 unspecified atom stereocenters. The van der Waals surface area contributed by atoms with Crippen LogP contribution in [-0.2, 0) is 4.79 Å². The van der Waals surface area contributed by atoms with E-state index in [0.29, 0.717) is 6.04 Å². The average Bonchev–Trinajstić information content (AvgIpc) is 2.41. The first kappa shape index (κ1) is 14.0. The Kier molecular flexibility index (Phi) is 4.50. The Morgan fingerprint density at radius 3 is 2.95 bits per heavy atom. The van der Waals surface area contributed by atoms with Gasteiger partial charge in [-0.3, -0.25) is 14.7 Å². The summed E-state index contributed by atoms with van der Waals surface area (Å²) in [6.45, 7) is 4.62. The van der Waals surface area contributed by atoms with Crippen LogP contribution in [0.2, 0.25) is 0 Å². The molecule has 1 aliphatic heterocycles. The van der Waals surface area contributed by atoms with E-state index in [4.69, 9.17) is 0 Å². The molecule has 2 heterocycles. The molecule has 1 aromatic heterocycles. The summed E-state index contributed by atoms with van der Waals surface area (Å²) in [6, 6.07) is 3.47. The Balaban J connectivity index is 2.19. The van der Waals surface area contributed by atoms with E-state index in [1.807, 2.05) is 11.0 Å². The molecule has 104 valence electrons. The Morgan fingerprint density at radius 2 is 2.37 bits per heavy atom. The minimum Gasteiger partial charge on any atom is -0.480 e. The van der Waals surface area contributed by atoms with Gasteiger partial charge in [-0.15, -0.1) is 0 Å². The maximum atomic E-state index is 11.6. The number of carbonyl (C=O) groups is 1. The van der Waals surface area contributed by atoms with Crippen LogP contribution in [0, 0.1) is 0 Å². The molecule has 5 nitrogen and oxygen atoms in total. The summed E-state index contributed by atoms with van der Waals surface area (Å²) in [4.78, 5) is 20.0. The van der Waals surface area contributed by atoms with Gasteiger partial charge in [0.25, 0.3) is 0 Å². The molecule has 5 heteroatoms. The van der Waals surface area contributed by atoms with E-state index in [1.165, 1.54) is 0 Å². The quantitative estimate of drug-likeness (QED) is 0.885. The molecule has 1 aromatic rings. The SMILES string of the molecule is CCC1CN(C(C(=O)O)c2cccnc2)CCN1C. The number of pyridine rings is 1.